The van der Waals surface area contributed by atoms with Crippen LogP contribution in [0.1, 0.15) is 187 Å². The lowest BCUT2D eigenvalue weighted by molar-refractivity contribution is -0.909. The zero-order chi connectivity index (χ0) is 24.4. The fraction of sp³-hybridized carbons (Fsp3) is 1.00. The van der Waals surface area contributed by atoms with Crippen LogP contribution in [0.2, 0.25) is 0 Å². The minimum Gasteiger partial charge on any atom is -1.00 e. The molecule has 0 aromatic carbocycles. The van der Waals surface area contributed by atoms with Gasteiger partial charge in [-0.15, -0.1) is 0 Å². The first-order valence-electron chi connectivity index (χ1n) is 16.7. The van der Waals surface area contributed by atoms with Crippen molar-refractivity contribution in [3.63, 3.8) is 0 Å². The average molecular weight is 559 g/mol. The number of likely N-dealkylation sites (tertiary alicyclic amines) is 1. The van der Waals surface area contributed by atoms with E-state index in [2.05, 4.69) is 13.8 Å². The number of rotatable bonds is 26. The SMILES string of the molecule is CCCCCCCCCCCCCCC1CCC[NH+](CCCCCCCCCCCCCC)C1.[Br-]. The van der Waals surface area contributed by atoms with Crippen LogP contribution >= 0.6 is 0 Å². The van der Waals surface area contributed by atoms with Crippen LogP contribution < -0.4 is 21.9 Å². The molecule has 0 saturated carbocycles. The van der Waals surface area contributed by atoms with E-state index < -0.39 is 0 Å². The van der Waals surface area contributed by atoms with Gasteiger partial charge in [-0.1, -0.05) is 155 Å². The van der Waals surface area contributed by atoms with Gasteiger partial charge in [0.15, 0.2) is 0 Å². The van der Waals surface area contributed by atoms with Crippen LogP contribution in [0.5, 0.6) is 0 Å². The van der Waals surface area contributed by atoms with Gasteiger partial charge < -0.3 is 21.9 Å². The lowest BCUT2D eigenvalue weighted by atomic mass is 9.92. The normalized spacial score (nSPS) is 18.0. The van der Waals surface area contributed by atoms with Crippen LogP contribution in [0.3, 0.4) is 0 Å². The summed E-state index contributed by atoms with van der Waals surface area (Å²) in [7, 11) is 0. The maximum Gasteiger partial charge on any atom is 0.0799 e. The van der Waals surface area contributed by atoms with Crippen molar-refractivity contribution in [2.45, 2.75) is 187 Å². The summed E-state index contributed by atoms with van der Waals surface area (Å²) in [5.41, 5.74) is 0. The third-order valence-corrected chi connectivity index (χ3v) is 8.57. The molecule has 1 nitrogen and oxygen atoms in total. The van der Waals surface area contributed by atoms with Gasteiger partial charge in [0.2, 0.25) is 0 Å². The fourth-order valence-corrected chi connectivity index (χ4v) is 6.22. The number of piperidine rings is 1. The molecule has 2 atom stereocenters. The number of quaternary nitrogens is 1. The largest absolute Gasteiger partial charge is 1.00 e. The van der Waals surface area contributed by atoms with Gasteiger partial charge in [-0.25, -0.2) is 0 Å². The van der Waals surface area contributed by atoms with Crippen LogP contribution in [0, 0.1) is 5.92 Å². The molecule has 1 N–H and O–H groups in total. The molecule has 0 radical (unpaired) electrons. The highest BCUT2D eigenvalue weighted by Crippen LogP contribution is 2.18. The van der Waals surface area contributed by atoms with E-state index in [0.29, 0.717) is 0 Å². The molecule has 0 aromatic heterocycles. The predicted octanol–water partition coefficient (Wildman–Crippen LogP) is 7.08. The second-order valence-electron chi connectivity index (χ2n) is 12.0. The van der Waals surface area contributed by atoms with Crippen molar-refractivity contribution in [2.75, 3.05) is 19.6 Å². The van der Waals surface area contributed by atoms with Crippen molar-refractivity contribution < 1.29 is 21.9 Å². The Kier molecular flexibility index (Phi) is 29.4. The van der Waals surface area contributed by atoms with E-state index in [-0.39, 0.29) is 17.0 Å². The summed E-state index contributed by atoms with van der Waals surface area (Å²) in [5.74, 6) is 1.05. The summed E-state index contributed by atoms with van der Waals surface area (Å²) in [6.45, 7) is 9.05. The Bertz CT molecular complexity index is 351. The molecule has 0 spiro atoms. The maximum atomic E-state index is 2.31. The van der Waals surface area contributed by atoms with Gasteiger partial charge in [0, 0.05) is 5.92 Å². The minimum atomic E-state index is 0. The summed E-state index contributed by atoms with van der Waals surface area (Å²) in [6.07, 6.45) is 40.0. The Hall–Kier alpha value is 0.440. The van der Waals surface area contributed by atoms with Gasteiger partial charge in [-0.3, -0.25) is 0 Å². The van der Waals surface area contributed by atoms with Crippen molar-refractivity contribution in [3.05, 3.63) is 0 Å². The van der Waals surface area contributed by atoms with Crippen LogP contribution in [-0.4, -0.2) is 19.6 Å². The van der Waals surface area contributed by atoms with Crippen LogP contribution in [0.4, 0.5) is 0 Å². The van der Waals surface area contributed by atoms with Crippen molar-refractivity contribution in [1.29, 1.82) is 0 Å². The number of hydrogen-bond donors (Lipinski definition) is 1. The average Bonchev–Trinajstić information content (AvgIpc) is 2.85. The standard InChI is InChI=1S/C33H67N.BrH/c1-3-5-7-9-11-13-15-17-19-21-23-25-28-33-29-27-31-34(32-33)30-26-24-22-20-18-16-14-12-10-8-6-4-2;/h33H,3-32H2,1-2H3;1H. The quantitative estimate of drug-likeness (QED) is 0.108. The smallest absolute Gasteiger partial charge is 0.0799 e. The van der Waals surface area contributed by atoms with Gasteiger partial charge in [0.25, 0.3) is 0 Å². The molecule has 35 heavy (non-hydrogen) atoms. The van der Waals surface area contributed by atoms with Gasteiger partial charge in [0.05, 0.1) is 19.6 Å². The zero-order valence-corrected chi connectivity index (χ0v) is 26.3. The maximum absolute atomic E-state index is 2.31. The Balaban J connectivity index is 0.0000116. The van der Waals surface area contributed by atoms with Gasteiger partial charge in [-0.05, 0) is 32.1 Å². The number of nitrogens with one attached hydrogen (secondary N) is 1. The van der Waals surface area contributed by atoms with Crippen molar-refractivity contribution in [3.8, 4) is 0 Å². The number of hydrogen-bond acceptors (Lipinski definition) is 0. The topological polar surface area (TPSA) is 4.44 Å². The van der Waals surface area contributed by atoms with E-state index in [1.54, 1.807) is 0 Å². The molecule has 2 unspecified atom stereocenters. The molecule has 1 fully saturated rings. The third kappa shape index (κ3) is 24.5. The molecule has 0 amide bonds. The van der Waals surface area contributed by atoms with Gasteiger partial charge in [0.1, 0.15) is 0 Å². The molecule has 1 saturated heterocycles. The van der Waals surface area contributed by atoms with Crippen LogP contribution in [-0.2, 0) is 0 Å². The molecule has 1 heterocycles. The molecule has 0 aromatic rings. The van der Waals surface area contributed by atoms with E-state index in [0.717, 1.165) is 5.92 Å². The van der Waals surface area contributed by atoms with Gasteiger partial charge >= 0.3 is 0 Å². The molecule has 212 valence electrons. The predicted molar refractivity (Wildman–Crippen MR) is 155 cm³/mol. The van der Waals surface area contributed by atoms with Crippen LogP contribution in [0.25, 0.3) is 0 Å². The molecule has 0 bridgehead atoms. The first-order chi connectivity index (χ1) is 16.9. The van der Waals surface area contributed by atoms with E-state index in [1.165, 1.54) is 193 Å². The Morgan fingerprint density at radius 2 is 0.857 bits per heavy atom. The zero-order valence-electron chi connectivity index (χ0n) is 24.7. The molecule has 1 rings (SSSR count). The summed E-state index contributed by atoms with van der Waals surface area (Å²) < 4.78 is 0. The Morgan fingerprint density at radius 1 is 0.486 bits per heavy atom. The molecule has 2 heteroatoms. The Labute approximate surface area is 234 Å². The van der Waals surface area contributed by atoms with Crippen molar-refractivity contribution >= 4 is 0 Å². The number of unbranched alkanes of at least 4 members (excludes halogenated alkanes) is 22. The van der Waals surface area contributed by atoms with E-state index in [9.17, 15) is 0 Å². The second-order valence-corrected chi connectivity index (χ2v) is 12.0. The second kappa shape index (κ2) is 29.0. The summed E-state index contributed by atoms with van der Waals surface area (Å²) in [5, 5.41) is 0. The molecular weight excluding hydrogens is 490 g/mol. The van der Waals surface area contributed by atoms with E-state index in [4.69, 9.17) is 0 Å². The molecule has 1 aliphatic rings. The lowest BCUT2D eigenvalue weighted by Gasteiger charge is -2.30. The van der Waals surface area contributed by atoms with Crippen molar-refractivity contribution in [2.24, 2.45) is 5.92 Å². The fourth-order valence-electron chi connectivity index (χ4n) is 6.22. The highest BCUT2D eigenvalue weighted by molar-refractivity contribution is 4.63. The molecule has 0 aliphatic carbocycles. The summed E-state index contributed by atoms with van der Waals surface area (Å²) >= 11 is 0. The Morgan fingerprint density at radius 3 is 1.29 bits per heavy atom. The monoisotopic (exact) mass is 557 g/mol. The summed E-state index contributed by atoms with van der Waals surface area (Å²) in [4.78, 5) is 1.95. The first kappa shape index (κ1) is 35.4. The van der Waals surface area contributed by atoms with E-state index >= 15 is 0 Å². The van der Waals surface area contributed by atoms with Crippen molar-refractivity contribution in [1.82, 2.24) is 0 Å². The third-order valence-electron chi connectivity index (χ3n) is 8.57. The minimum absolute atomic E-state index is 0. The first-order valence-corrected chi connectivity index (χ1v) is 16.7. The van der Waals surface area contributed by atoms with Crippen LogP contribution in [0.15, 0.2) is 0 Å². The highest BCUT2D eigenvalue weighted by Gasteiger charge is 2.22. The lowest BCUT2D eigenvalue weighted by Crippen LogP contribution is -3.13. The van der Waals surface area contributed by atoms with Gasteiger partial charge in [-0.2, -0.15) is 0 Å². The summed E-state index contributed by atoms with van der Waals surface area (Å²) in [6, 6.07) is 0. The van der Waals surface area contributed by atoms with E-state index in [1.807, 2.05) is 4.90 Å². The molecular formula is C33H68BrN. The highest BCUT2D eigenvalue weighted by atomic mass is 79.9. The number of halogens is 1. The molecule has 1 aliphatic heterocycles.